The summed E-state index contributed by atoms with van der Waals surface area (Å²) in [6.07, 6.45) is 0. The lowest BCUT2D eigenvalue weighted by Gasteiger charge is -2.04. The number of nitro benzene ring substituents is 1. The SMILES string of the molecule is CCNc1cc(Cl)c([N+](=O)[O-])c(Cl)c1. The number of nitro groups is 1. The Morgan fingerprint density at radius 2 is 1.93 bits per heavy atom. The lowest BCUT2D eigenvalue weighted by atomic mass is 10.3. The molecule has 0 bridgehead atoms. The molecular formula is C8H8Cl2N2O2. The Labute approximate surface area is 91.0 Å². The van der Waals surface area contributed by atoms with Crippen molar-refractivity contribution in [3.05, 3.63) is 32.3 Å². The first-order valence-corrected chi connectivity index (χ1v) is 4.69. The largest absolute Gasteiger partial charge is 0.385 e. The van der Waals surface area contributed by atoms with Gasteiger partial charge < -0.3 is 5.32 Å². The number of nitrogens with zero attached hydrogens (tertiary/aromatic N) is 1. The zero-order valence-electron chi connectivity index (χ0n) is 7.38. The first kappa shape index (κ1) is 11.1. The summed E-state index contributed by atoms with van der Waals surface area (Å²) in [7, 11) is 0. The highest BCUT2D eigenvalue weighted by molar-refractivity contribution is 6.38. The second-order valence-corrected chi connectivity index (χ2v) is 3.39. The molecule has 76 valence electrons. The van der Waals surface area contributed by atoms with Crippen LogP contribution in [0.3, 0.4) is 0 Å². The number of anilines is 1. The number of hydrogen-bond acceptors (Lipinski definition) is 3. The standard InChI is InChI=1S/C8H8Cl2N2O2/c1-2-11-5-3-6(9)8(12(13)14)7(10)4-5/h3-4,11H,2H2,1H3. The van der Waals surface area contributed by atoms with E-state index >= 15 is 0 Å². The predicted octanol–water partition coefficient (Wildman–Crippen LogP) is 3.33. The summed E-state index contributed by atoms with van der Waals surface area (Å²) >= 11 is 11.4. The fourth-order valence-electron chi connectivity index (χ4n) is 1.05. The molecule has 0 aliphatic carbocycles. The van der Waals surface area contributed by atoms with E-state index in [9.17, 15) is 10.1 Å². The van der Waals surface area contributed by atoms with Crippen molar-refractivity contribution >= 4 is 34.6 Å². The van der Waals surface area contributed by atoms with Crippen LogP contribution in [0.5, 0.6) is 0 Å². The first-order chi connectivity index (χ1) is 6.56. The van der Waals surface area contributed by atoms with Crippen molar-refractivity contribution in [3.63, 3.8) is 0 Å². The van der Waals surface area contributed by atoms with Gasteiger partial charge in [-0.3, -0.25) is 10.1 Å². The van der Waals surface area contributed by atoms with E-state index in [1.54, 1.807) is 0 Å². The van der Waals surface area contributed by atoms with Gasteiger partial charge in [-0.1, -0.05) is 23.2 Å². The van der Waals surface area contributed by atoms with E-state index in [-0.39, 0.29) is 15.7 Å². The predicted molar refractivity (Wildman–Crippen MR) is 57.3 cm³/mol. The molecule has 1 rings (SSSR count). The van der Waals surface area contributed by atoms with Gasteiger partial charge in [-0.15, -0.1) is 0 Å². The van der Waals surface area contributed by atoms with Crippen molar-refractivity contribution in [2.24, 2.45) is 0 Å². The van der Waals surface area contributed by atoms with Crippen LogP contribution in [0.2, 0.25) is 10.0 Å². The first-order valence-electron chi connectivity index (χ1n) is 3.93. The van der Waals surface area contributed by atoms with Gasteiger partial charge >= 0.3 is 5.69 Å². The number of nitrogens with one attached hydrogen (secondary N) is 1. The van der Waals surface area contributed by atoms with Crippen LogP contribution in [0.1, 0.15) is 6.92 Å². The maximum absolute atomic E-state index is 10.5. The number of rotatable bonds is 3. The molecule has 0 amide bonds. The minimum atomic E-state index is -0.597. The Morgan fingerprint density at radius 1 is 1.43 bits per heavy atom. The number of benzene rings is 1. The molecule has 4 nitrogen and oxygen atoms in total. The zero-order chi connectivity index (χ0) is 10.7. The van der Waals surface area contributed by atoms with Crippen LogP contribution in [-0.4, -0.2) is 11.5 Å². The van der Waals surface area contributed by atoms with Crippen molar-refractivity contribution in [1.82, 2.24) is 0 Å². The van der Waals surface area contributed by atoms with E-state index in [4.69, 9.17) is 23.2 Å². The van der Waals surface area contributed by atoms with Crippen LogP contribution < -0.4 is 5.32 Å². The molecule has 0 unspecified atom stereocenters. The molecule has 0 fully saturated rings. The van der Waals surface area contributed by atoms with Crippen LogP contribution in [0.25, 0.3) is 0 Å². The maximum Gasteiger partial charge on any atom is 0.306 e. The fourth-order valence-corrected chi connectivity index (χ4v) is 1.67. The maximum atomic E-state index is 10.5. The van der Waals surface area contributed by atoms with Crippen molar-refractivity contribution < 1.29 is 4.92 Å². The highest BCUT2D eigenvalue weighted by Gasteiger charge is 2.18. The number of halogens is 2. The quantitative estimate of drug-likeness (QED) is 0.645. The van der Waals surface area contributed by atoms with Gasteiger partial charge in [0.05, 0.1) is 4.92 Å². The van der Waals surface area contributed by atoms with Gasteiger partial charge in [-0.2, -0.15) is 0 Å². The Kier molecular flexibility index (Phi) is 3.55. The third-order valence-electron chi connectivity index (χ3n) is 1.58. The average Bonchev–Trinajstić information content (AvgIpc) is 2.01. The summed E-state index contributed by atoms with van der Waals surface area (Å²) in [5.41, 5.74) is 0.420. The molecule has 6 heteroatoms. The molecule has 0 aliphatic rings. The summed E-state index contributed by atoms with van der Waals surface area (Å²) < 4.78 is 0. The molecular weight excluding hydrogens is 227 g/mol. The van der Waals surface area contributed by atoms with Crippen LogP contribution in [0.15, 0.2) is 12.1 Å². The molecule has 1 N–H and O–H groups in total. The molecule has 0 saturated carbocycles. The van der Waals surface area contributed by atoms with Crippen molar-refractivity contribution in [3.8, 4) is 0 Å². The van der Waals surface area contributed by atoms with E-state index in [1.807, 2.05) is 6.92 Å². The van der Waals surface area contributed by atoms with Crippen molar-refractivity contribution in [1.29, 1.82) is 0 Å². The smallest absolute Gasteiger partial charge is 0.306 e. The lowest BCUT2D eigenvalue weighted by Crippen LogP contribution is -1.98. The Morgan fingerprint density at radius 3 is 2.29 bits per heavy atom. The molecule has 0 saturated heterocycles. The van der Waals surface area contributed by atoms with Crippen LogP contribution in [-0.2, 0) is 0 Å². The summed E-state index contributed by atoms with van der Waals surface area (Å²) in [5.74, 6) is 0. The van der Waals surface area contributed by atoms with Gasteiger partial charge in [-0.25, -0.2) is 0 Å². The van der Waals surface area contributed by atoms with Crippen LogP contribution >= 0.6 is 23.2 Å². The summed E-state index contributed by atoms with van der Waals surface area (Å²) in [6.45, 7) is 2.60. The third-order valence-corrected chi connectivity index (χ3v) is 2.16. The van der Waals surface area contributed by atoms with E-state index in [0.29, 0.717) is 12.2 Å². The molecule has 1 aromatic rings. The molecule has 0 atom stereocenters. The Bertz CT molecular complexity index is 345. The fraction of sp³-hybridized carbons (Fsp3) is 0.250. The van der Waals surface area contributed by atoms with E-state index < -0.39 is 4.92 Å². The van der Waals surface area contributed by atoms with Gasteiger partial charge in [-0.05, 0) is 19.1 Å². The van der Waals surface area contributed by atoms with Crippen molar-refractivity contribution in [2.45, 2.75) is 6.92 Å². The van der Waals surface area contributed by atoms with Gasteiger partial charge in [0.15, 0.2) is 0 Å². The van der Waals surface area contributed by atoms with Crippen molar-refractivity contribution in [2.75, 3.05) is 11.9 Å². The minimum absolute atomic E-state index is 0.0402. The summed E-state index contributed by atoms with van der Waals surface area (Å²) in [6, 6.07) is 2.96. The second-order valence-electron chi connectivity index (χ2n) is 2.58. The highest BCUT2D eigenvalue weighted by Crippen LogP contribution is 2.35. The zero-order valence-corrected chi connectivity index (χ0v) is 8.89. The highest BCUT2D eigenvalue weighted by atomic mass is 35.5. The molecule has 0 heterocycles. The van der Waals surface area contributed by atoms with Crippen LogP contribution in [0, 0.1) is 10.1 Å². The average molecular weight is 235 g/mol. The van der Waals surface area contributed by atoms with E-state index in [0.717, 1.165) is 0 Å². The van der Waals surface area contributed by atoms with E-state index in [1.165, 1.54) is 12.1 Å². The van der Waals surface area contributed by atoms with Gasteiger partial charge in [0.1, 0.15) is 10.0 Å². The summed E-state index contributed by atoms with van der Waals surface area (Å²) in [4.78, 5) is 9.93. The topological polar surface area (TPSA) is 55.2 Å². The normalized spacial score (nSPS) is 9.93. The molecule has 0 spiro atoms. The van der Waals surface area contributed by atoms with E-state index in [2.05, 4.69) is 5.32 Å². The van der Waals surface area contributed by atoms with Gasteiger partial charge in [0.25, 0.3) is 0 Å². The minimum Gasteiger partial charge on any atom is -0.385 e. The molecule has 0 radical (unpaired) electrons. The van der Waals surface area contributed by atoms with Gasteiger partial charge in [0, 0.05) is 12.2 Å². The Balaban J connectivity index is 3.18. The molecule has 14 heavy (non-hydrogen) atoms. The molecule has 0 aliphatic heterocycles. The third kappa shape index (κ3) is 2.27. The van der Waals surface area contributed by atoms with Crippen LogP contribution in [0.4, 0.5) is 11.4 Å². The second kappa shape index (κ2) is 4.48. The summed E-state index contributed by atoms with van der Waals surface area (Å²) in [5, 5.41) is 13.6. The monoisotopic (exact) mass is 234 g/mol. The van der Waals surface area contributed by atoms with Gasteiger partial charge in [0.2, 0.25) is 0 Å². The Hall–Kier alpha value is -1.00. The number of hydrogen-bond donors (Lipinski definition) is 1. The molecule has 0 aromatic heterocycles. The molecule has 1 aromatic carbocycles. The lowest BCUT2D eigenvalue weighted by molar-refractivity contribution is -0.384.